The minimum Gasteiger partial charge on any atom is -0.326 e. The van der Waals surface area contributed by atoms with Gasteiger partial charge in [-0.05, 0) is 68.3 Å². The Kier molecular flexibility index (Phi) is 5.45. The summed E-state index contributed by atoms with van der Waals surface area (Å²) in [5.74, 6) is 0.685. The van der Waals surface area contributed by atoms with Crippen molar-refractivity contribution in [3.63, 3.8) is 0 Å². The molecule has 1 heterocycles. The summed E-state index contributed by atoms with van der Waals surface area (Å²) in [7, 11) is 0. The zero-order valence-corrected chi connectivity index (χ0v) is 14.4. The first-order chi connectivity index (χ1) is 9.90. The molecule has 21 heavy (non-hydrogen) atoms. The van der Waals surface area contributed by atoms with Crippen molar-refractivity contribution in [1.82, 2.24) is 4.90 Å². The molecule has 2 N–H and O–H groups in total. The first-order valence-electron chi connectivity index (χ1n) is 8.47. The minimum atomic E-state index is 0.257. The molecule has 1 aromatic carbocycles. The van der Waals surface area contributed by atoms with Crippen LogP contribution < -0.4 is 5.73 Å². The van der Waals surface area contributed by atoms with Crippen LogP contribution in [0.4, 0.5) is 0 Å². The third-order valence-corrected chi connectivity index (χ3v) is 4.83. The van der Waals surface area contributed by atoms with E-state index in [1.54, 1.807) is 0 Å². The lowest BCUT2D eigenvalue weighted by atomic mass is 9.90. The topological polar surface area (TPSA) is 29.3 Å². The van der Waals surface area contributed by atoms with Crippen LogP contribution in [-0.4, -0.2) is 24.0 Å². The molecule has 2 atom stereocenters. The summed E-state index contributed by atoms with van der Waals surface area (Å²) in [4.78, 5) is 2.64. The van der Waals surface area contributed by atoms with Gasteiger partial charge in [-0.25, -0.2) is 0 Å². The van der Waals surface area contributed by atoms with Gasteiger partial charge in [-0.2, -0.15) is 0 Å². The van der Waals surface area contributed by atoms with Crippen molar-refractivity contribution in [1.29, 1.82) is 0 Å². The van der Waals surface area contributed by atoms with Crippen LogP contribution in [0.5, 0.6) is 0 Å². The van der Waals surface area contributed by atoms with Crippen molar-refractivity contribution >= 4 is 0 Å². The molecule has 118 valence electrons. The van der Waals surface area contributed by atoms with Crippen LogP contribution in [-0.2, 0) is 0 Å². The summed E-state index contributed by atoms with van der Waals surface area (Å²) in [6.07, 6.45) is 3.68. The predicted molar refractivity (Wildman–Crippen MR) is 91.6 cm³/mol. The van der Waals surface area contributed by atoms with Gasteiger partial charge < -0.3 is 5.73 Å². The van der Waals surface area contributed by atoms with Gasteiger partial charge in [0, 0.05) is 12.6 Å². The molecule has 0 saturated carbocycles. The van der Waals surface area contributed by atoms with Gasteiger partial charge in [0.25, 0.3) is 0 Å². The molecule has 0 amide bonds. The van der Waals surface area contributed by atoms with Crippen molar-refractivity contribution < 1.29 is 0 Å². The van der Waals surface area contributed by atoms with E-state index >= 15 is 0 Å². The van der Waals surface area contributed by atoms with E-state index in [4.69, 9.17) is 5.73 Å². The molecule has 1 fully saturated rings. The largest absolute Gasteiger partial charge is 0.326 e. The number of hydrogen-bond donors (Lipinski definition) is 1. The molecule has 0 bridgehead atoms. The highest BCUT2D eigenvalue weighted by atomic mass is 15.2. The standard InChI is InChI=1S/C19H32N2/c1-13(2)12-21-9-7-6-8-18(20)19(21)17-11-15(4)14(3)10-16(17)5/h10-11,13,18-19H,6-9,12,20H2,1-5H3. The summed E-state index contributed by atoms with van der Waals surface area (Å²) in [6, 6.07) is 5.35. The Labute approximate surface area is 130 Å². The molecule has 1 aliphatic rings. The number of benzene rings is 1. The van der Waals surface area contributed by atoms with E-state index < -0.39 is 0 Å². The van der Waals surface area contributed by atoms with Gasteiger partial charge >= 0.3 is 0 Å². The molecule has 2 heteroatoms. The Morgan fingerprint density at radius 1 is 1.10 bits per heavy atom. The molecule has 0 aromatic heterocycles. The Morgan fingerprint density at radius 2 is 1.76 bits per heavy atom. The van der Waals surface area contributed by atoms with E-state index in [1.165, 1.54) is 41.6 Å². The Hall–Kier alpha value is -0.860. The molecule has 1 aliphatic heterocycles. The maximum absolute atomic E-state index is 6.59. The fourth-order valence-electron chi connectivity index (χ4n) is 3.67. The normalized spacial score (nSPS) is 24.3. The van der Waals surface area contributed by atoms with Crippen LogP contribution in [0.1, 0.15) is 61.4 Å². The maximum Gasteiger partial charge on any atom is 0.0501 e. The molecule has 2 unspecified atom stereocenters. The highest BCUT2D eigenvalue weighted by Gasteiger charge is 2.30. The van der Waals surface area contributed by atoms with Gasteiger partial charge in [-0.1, -0.05) is 32.4 Å². The van der Waals surface area contributed by atoms with Crippen molar-refractivity contribution in [2.75, 3.05) is 13.1 Å². The van der Waals surface area contributed by atoms with E-state index in [0.717, 1.165) is 13.0 Å². The van der Waals surface area contributed by atoms with Crippen molar-refractivity contribution in [3.8, 4) is 0 Å². The number of likely N-dealkylation sites (tertiary alicyclic amines) is 1. The lowest BCUT2D eigenvalue weighted by Crippen LogP contribution is -2.41. The quantitative estimate of drug-likeness (QED) is 0.906. The zero-order chi connectivity index (χ0) is 15.6. The fraction of sp³-hybridized carbons (Fsp3) is 0.684. The van der Waals surface area contributed by atoms with E-state index in [1.807, 2.05) is 0 Å². The molecular formula is C19H32N2. The highest BCUT2D eigenvalue weighted by molar-refractivity contribution is 5.39. The first kappa shape index (κ1) is 16.5. The molecule has 0 spiro atoms. The van der Waals surface area contributed by atoms with Crippen LogP contribution in [0.2, 0.25) is 0 Å². The Bertz CT molecular complexity index is 479. The summed E-state index contributed by atoms with van der Waals surface area (Å²) in [5, 5.41) is 0. The predicted octanol–water partition coefficient (Wildman–Crippen LogP) is 4.12. The Balaban J connectivity index is 2.41. The molecular weight excluding hydrogens is 256 g/mol. The lowest BCUT2D eigenvalue weighted by Gasteiger charge is -2.36. The second kappa shape index (κ2) is 6.93. The third kappa shape index (κ3) is 3.87. The van der Waals surface area contributed by atoms with Crippen LogP contribution in [0, 0.1) is 26.7 Å². The molecule has 1 saturated heterocycles. The van der Waals surface area contributed by atoms with Gasteiger partial charge in [-0.15, -0.1) is 0 Å². The summed E-state index contributed by atoms with van der Waals surface area (Å²) in [6.45, 7) is 13.6. The van der Waals surface area contributed by atoms with Crippen LogP contribution >= 0.6 is 0 Å². The van der Waals surface area contributed by atoms with E-state index in [2.05, 4.69) is 51.7 Å². The smallest absolute Gasteiger partial charge is 0.0501 e. The highest BCUT2D eigenvalue weighted by Crippen LogP contribution is 2.33. The van der Waals surface area contributed by atoms with Crippen molar-refractivity contribution in [2.24, 2.45) is 11.7 Å². The lowest BCUT2D eigenvalue weighted by molar-refractivity contribution is 0.165. The monoisotopic (exact) mass is 288 g/mol. The maximum atomic E-state index is 6.59. The van der Waals surface area contributed by atoms with E-state index in [-0.39, 0.29) is 6.04 Å². The number of hydrogen-bond acceptors (Lipinski definition) is 2. The van der Waals surface area contributed by atoms with Gasteiger partial charge in [0.1, 0.15) is 0 Å². The average molecular weight is 288 g/mol. The molecule has 2 rings (SSSR count). The second-order valence-electron chi connectivity index (χ2n) is 7.29. The number of nitrogens with two attached hydrogens (primary N) is 1. The molecule has 0 aliphatic carbocycles. The number of aryl methyl sites for hydroxylation is 3. The SMILES string of the molecule is Cc1cc(C)c(C2C(N)CCCCN2CC(C)C)cc1C. The molecule has 1 aromatic rings. The van der Waals surface area contributed by atoms with Crippen LogP contribution in [0.25, 0.3) is 0 Å². The van der Waals surface area contributed by atoms with E-state index in [9.17, 15) is 0 Å². The van der Waals surface area contributed by atoms with Crippen LogP contribution in [0.15, 0.2) is 12.1 Å². The zero-order valence-electron chi connectivity index (χ0n) is 14.4. The molecule has 0 radical (unpaired) electrons. The van der Waals surface area contributed by atoms with Crippen molar-refractivity contribution in [3.05, 3.63) is 34.4 Å². The summed E-state index contributed by atoms with van der Waals surface area (Å²) >= 11 is 0. The molecule has 2 nitrogen and oxygen atoms in total. The van der Waals surface area contributed by atoms with Crippen LogP contribution in [0.3, 0.4) is 0 Å². The first-order valence-corrected chi connectivity index (χ1v) is 8.47. The summed E-state index contributed by atoms with van der Waals surface area (Å²) in [5.41, 5.74) is 12.2. The fourth-order valence-corrected chi connectivity index (χ4v) is 3.67. The second-order valence-corrected chi connectivity index (χ2v) is 7.29. The number of nitrogens with zero attached hydrogens (tertiary/aromatic N) is 1. The number of rotatable bonds is 3. The van der Waals surface area contributed by atoms with E-state index in [0.29, 0.717) is 12.0 Å². The minimum absolute atomic E-state index is 0.257. The van der Waals surface area contributed by atoms with Gasteiger partial charge in [0.05, 0.1) is 6.04 Å². The van der Waals surface area contributed by atoms with Gasteiger partial charge in [0.2, 0.25) is 0 Å². The van der Waals surface area contributed by atoms with Gasteiger partial charge in [-0.3, -0.25) is 4.90 Å². The Morgan fingerprint density at radius 3 is 2.43 bits per heavy atom. The van der Waals surface area contributed by atoms with Gasteiger partial charge in [0.15, 0.2) is 0 Å². The summed E-state index contributed by atoms with van der Waals surface area (Å²) < 4.78 is 0. The average Bonchev–Trinajstić information content (AvgIpc) is 2.56. The van der Waals surface area contributed by atoms with Crippen molar-refractivity contribution in [2.45, 2.75) is 66.0 Å². The third-order valence-electron chi connectivity index (χ3n) is 4.83.